The molecule has 1 aromatic carbocycles. The molecule has 0 fully saturated rings. The van der Waals surface area contributed by atoms with Crippen molar-refractivity contribution >= 4 is 17.3 Å². The summed E-state index contributed by atoms with van der Waals surface area (Å²) in [5.41, 5.74) is 11.2. The van der Waals surface area contributed by atoms with Crippen molar-refractivity contribution in [3.63, 3.8) is 0 Å². The van der Waals surface area contributed by atoms with Gasteiger partial charge in [0.2, 0.25) is 0 Å². The Balaban J connectivity index is 1.59. The molecular weight excluding hydrogens is 350 g/mol. The van der Waals surface area contributed by atoms with Gasteiger partial charge in [-0.1, -0.05) is 31.2 Å². The minimum absolute atomic E-state index is 0.298. The summed E-state index contributed by atoms with van der Waals surface area (Å²) < 4.78 is 1.68. The number of rotatable bonds is 3. The van der Waals surface area contributed by atoms with Crippen molar-refractivity contribution in [2.24, 2.45) is 0 Å². The van der Waals surface area contributed by atoms with E-state index in [9.17, 15) is 0 Å². The largest absolute Gasteiger partial charge is 0.382 e. The Morgan fingerprint density at radius 2 is 2.04 bits per heavy atom. The first kappa shape index (κ1) is 16.7. The van der Waals surface area contributed by atoms with Crippen LogP contribution >= 0.6 is 0 Å². The quantitative estimate of drug-likeness (QED) is 0.595. The van der Waals surface area contributed by atoms with Gasteiger partial charge in [-0.25, -0.2) is 19.5 Å². The number of nitrogens with two attached hydrogens (primary N) is 1. The number of nitrogen functional groups attached to an aromatic ring is 1. The van der Waals surface area contributed by atoms with Crippen LogP contribution in [0.4, 0.5) is 11.6 Å². The second-order valence-electron chi connectivity index (χ2n) is 6.98. The van der Waals surface area contributed by atoms with Gasteiger partial charge in [-0.05, 0) is 30.0 Å². The van der Waals surface area contributed by atoms with E-state index in [-0.39, 0.29) is 0 Å². The zero-order valence-corrected chi connectivity index (χ0v) is 15.7. The molecule has 1 atom stereocenters. The van der Waals surface area contributed by atoms with Crippen LogP contribution < -0.4 is 10.6 Å². The molecule has 1 aliphatic rings. The fraction of sp³-hybridized carbons (Fsp3) is 0.238. The first-order chi connectivity index (χ1) is 13.8. The molecule has 7 heteroatoms. The average Bonchev–Trinajstić information content (AvgIpc) is 3.08. The smallest absolute Gasteiger partial charge is 0.166 e. The highest BCUT2D eigenvalue weighted by atomic mass is 15.3. The predicted molar refractivity (Wildman–Crippen MR) is 109 cm³/mol. The fourth-order valence-electron chi connectivity index (χ4n) is 4.16. The maximum absolute atomic E-state index is 6.18. The van der Waals surface area contributed by atoms with Crippen LogP contribution in [-0.2, 0) is 6.42 Å². The third-order valence-corrected chi connectivity index (χ3v) is 5.42. The number of hydrogen-bond acceptors (Lipinski definition) is 6. The summed E-state index contributed by atoms with van der Waals surface area (Å²) in [6.07, 6.45) is 7.18. The van der Waals surface area contributed by atoms with E-state index in [1.54, 1.807) is 17.0 Å². The van der Waals surface area contributed by atoms with Gasteiger partial charge in [0.05, 0.1) is 17.3 Å². The molecule has 3 aromatic heterocycles. The van der Waals surface area contributed by atoms with Gasteiger partial charge in [0.1, 0.15) is 12.1 Å². The average molecular weight is 371 g/mol. The molecule has 28 heavy (non-hydrogen) atoms. The number of fused-ring (bicyclic) bond motifs is 2. The second-order valence-corrected chi connectivity index (χ2v) is 6.98. The fourth-order valence-corrected chi connectivity index (χ4v) is 4.16. The van der Waals surface area contributed by atoms with Crippen LogP contribution in [0.15, 0.2) is 55.1 Å². The summed E-state index contributed by atoms with van der Waals surface area (Å²) in [6, 6.07) is 12.8. The van der Waals surface area contributed by atoms with Crippen LogP contribution in [0.1, 0.15) is 30.5 Å². The van der Waals surface area contributed by atoms with Gasteiger partial charge >= 0.3 is 0 Å². The van der Waals surface area contributed by atoms with E-state index in [1.807, 2.05) is 18.3 Å². The molecule has 0 spiro atoms. The molecule has 4 aromatic rings. The Bertz CT molecular complexity index is 1150. The maximum Gasteiger partial charge on any atom is 0.166 e. The SMILES string of the molecule is CCC1c2ccccc2CCN1c1cc(-c2c(N)nn3cccnc23)ncn1. The topological polar surface area (TPSA) is 85.2 Å². The van der Waals surface area contributed by atoms with Crippen molar-refractivity contribution < 1.29 is 0 Å². The predicted octanol–water partition coefficient (Wildman–Crippen LogP) is 3.28. The Morgan fingerprint density at radius 3 is 2.93 bits per heavy atom. The molecule has 7 nitrogen and oxygen atoms in total. The van der Waals surface area contributed by atoms with Gasteiger partial charge < -0.3 is 10.6 Å². The van der Waals surface area contributed by atoms with Crippen LogP contribution in [0, 0.1) is 0 Å². The van der Waals surface area contributed by atoms with Crippen molar-refractivity contribution in [1.82, 2.24) is 24.6 Å². The first-order valence-corrected chi connectivity index (χ1v) is 9.52. The lowest BCUT2D eigenvalue weighted by Crippen LogP contribution is -2.35. The highest BCUT2D eigenvalue weighted by Crippen LogP contribution is 2.36. The highest BCUT2D eigenvalue weighted by molar-refractivity contribution is 5.85. The van der Waals surface area contributed by atoms with Crippen LogP contribution in [-0.4, -0.2) is 31.1 Å². The van der Waals surface area contributed by atoms with Crippen molar-refractivity contribution in [1.29, 1.82) is 0 Å². The molecule has 0 aliphatic carbocycles. The summed E-state index contributed by atoms with van der Waals surface area (Å²) in [5.74, 6) is 1.32. The second kappa shape index (κ2) is 6.60. The van der Waals surface area contributed by atoms with E-state index < -0.39 is 0 Å². The van der Waals surface area contributed by atoms with Crippen molar-refractivity contribution in [3.05, 3.63) is 66.2 Å². The molecule has 2 N–H and O–H groups in total. The molecule has 1 aliphatic heterocycles. The molecule has 0 saturated heterocycles. The first-order valence-electron chi connectivity index (χ1n) is 9.52. The number of aromatic nitrogens is 5. The molecule has 0 bridgehead atoms. The van der Waals surface area contributed by atoms with Crippen LogP contribution in [0.25, 0.3) is 16.9 Å². The lowest BCUT2D eigenvalue weighted by atomic mass is 9.91. The van der Waals surface area contributed by atoms with E-state index in [1.165, 1.54) is 11.1 Å². The highest BCUT2D eigenvalue weighted by Gasteiger charge is 2.27. The summed E-state index contributed by atoms with van der Waals surface area (Å²) in [6.45, 7) is 3.14. The monoisotopic (exact) mass is 371 g/mol. The van der Waals surface area contributed by atoms with E-state index >= 15 is 0 Å². The van der Waals surface area contributed by atoms with Crippen LogP contribution in [0.2, 0.25) is 0 Å². The lowest BCUT2D eigenvalue weighted by Gasteiger charge is -2.37. The summed E-state index contributed by atoms with van der Waals surface area (Å²) >= 11 is 0. The van der Waals surface area contributed by atoms with Gasteiger partial charge in [-0.15, -0.1) is 5.10 Å². The van der Waals surface area contributed by atoms with Crippen LogP contribution in [0.5, 0.6) is 0 Å². The standard InChI is InChI=1S/C21H21N7/c1-2-17-15-7-4-3-6-14(15)8-11-27(17)18-12-16(24-13-25-18)19-20(22)26-28-10-5-9-23-21(19)28/h3-7,9-10,12-13,17H,2,8,11H2,1H3,(H2,22,26). The molecule has 0 saturated carbocycles. The maximum atomic E-state index is 6.18. The van der Waals surface area contributed by atoms with Crippen molar-refractivity contribution in [3.8, 4) is 11.3 Å². The number of nitrogens with zero attached hydrogens (tertiary/aromatic N) is 6. The van der Waals surface area contributed by atoms with Gasteiger partial charge in [0.15, 0.2) is 11.5 Å². The summed E-state index contributed by atoms with van der Waals surface area (Å²) in [5, 5.41) is 4.35. The minimum Gasteiger partial charge on any atom is -0.382 e. The number of anilines is 2. The summed E-state index contributed by atoms with van der Waals surface area (Å²) in [4.78, 5) is 15.8. The Labute approximate surface area is 162 Å². The zero-order chi connectivity index (χ0) is 19.1. The normalized spacial score (nSPS) is 16.3. The molecule has 140 valence electrons. The number of benzene rings is 1. The van der Waals surface area contributed by atoms with E-state index in [0.717, 1.165) is 36.5 Å². The third kappa shape index (κ3) is 2.58. The van der Waals surface area contributed by atoms with Gasteiger partial charge in [-0.3, -0.25) is 0 Å². The zero-order valence-electron chi connectivity index (χ0n) is 15.7. The Hall–Kier alpha value is -3.48. The van der Waals surface area contributed by atoms with Gasteiger partial charge in [0, 0.05) is 25.0 Å². The van der Waals surface area contributed by atoms with Gasteiger partial charge in [-0.2, -0.15) is 0 Å². The molecule has 1 unspecified atom stereocenters. The van der Waals surface area contributed by atoms with Gasteiger partial charge in [0.25, 0.3) is 0 Å². The van der Waals surface area contributed by atoms with E-state index in [0.29, 0.717) is 17.5 Å². The van der Waals surface area contributed by atoms with Crippen LogP contribution in [0.3, 0.4) is 0 Å². The third-order valence-electron chi connectivity index (χ3n) is 5.42. The number of hydrogen-bond donors (Lipinski definition) is 1. The van der Waals surface area contributed by atoms with E-state index in [4.69, 9.17) is 5.73 Å². The molecular formula is C21H21N7. The lowest BCUT2D eigenvalue weighted by molar-refractivity contribution is 0.561. The minimum atomic E-state index is 0.298. The van der Waals surface area contributed by atoms with E-state index in [2.05, 4.69) is 56.1 Å². The Morgan fingerprint density at radius 1 is 1.14 bits per heavy atom. The molecule has 0 amide bonds. The van der Waals surface area contributed by atoms with Crippen molar-refractivity contribution in [2.75, 3.05) is 17.2 Å². The molecule has 0 radical (unpaired) electrons. The summed E-state index contributed by atoms with van der Waals surface area (Å²) in [7, 11) is 0. The molecule has 4 heterocycles. The Kier molecular flexibility index (Phi) is 3.93. The molecule has 5 rings (SSSR count). The van der Waals surface area contributed by atoms with Crippen molar-refractivity contribution in [2.45, 2.75) is 25.8 Å².